The molecule has 0 atom stereocenters. The number of nitrogens with zero attached hydrogens (tertiary/aromatic N) is 2. The lowest BCUT2D eigenvalue weighted by Gasteiger charge is -2.28. The largest absolute Gasteiger partial charge is 0.482 e. The van der Waals surface area contributed by atoms with E-state index in [1.165, 1.54) is 19.3 Å². The Morgan fingerprint density at radius 1 is 1.16 bits per heavy atom. The first-order chi connectivity index (χ1) is 12.1. The van der Waals surface area contributed by atoms with Crippen LogP contribution >= 0.6 is 23.2 Å². The SMILES string of the molecule is O=C(COc1ccc(Cl)cc1Cl)Nc1ccc(N2CCCCC2)cn1. The molecule has 0 unspecified atom stereocenters. The van der Waals surface area contributed by atoms with Crippen LogP contribution in [0.3, 0.4) is 0 Å². The summed E-state index contributed by atoms with van der Waals surface area (Å²) in [6.45, 7) is 1.96. The number of carbonyl (C=O) groups excluding carboxylic acids is 1. The van der Waals surface area contributed by atoms with Crippen LogP contribution in [0.2, 0.25) is 10.0 Å². The van der Waals surface area contributed by atoms with E-state index < -0.39 is 0 Å². The van der Waals surface area contributed by atoms with Crippen molar-refractivity contribution in [1.29, 1.82) is 0 Å². The van der Waals surface area contributed by atoms with Gasteiger partial charge in [-0.25, -0.2) is 4.98 Å². The van der Waals surface area contributed by atoms with E-state index in [9.17, 15) is 4.79 Å². The van der Waals surface area contributed by atoms with Gasteiger partial charge in [-0.15, -0.1) is 0 Å². The molecule has 3 rings (SSSR count). The smallest absolute Gasteiger partial charge is 0.263 e. The van der Waals surface area contributed by atoms with E-state index >= 15 is 0 Å². The van der Waals surface area contributed by atoms with E-state index in [1.54, 1.807) is 30.5 Å². The maximum absolute atomic E-state index is 12.0. The van der Waals surface area contributed by atoms with Gasteiger partial charge in [0.15, 0.2) is 6.61 Å². The molecule has 2 aromatic rings. The summed E-state index contributed by atoms with van der Waals surface area (Å²) >= 11 is 11.8. The van der Waals surface area contributed by atoms with E-state index in [1.807, 2.05) is 6.07 Å². The summed E-state index contributed by atoms with van der Waals surface area (Å²) in [6.07, 6.45) is 5.50. The molecule has 1 aromatic heterocycles. The van der Waals surface area contributed by atoms with Crippen molar-refractivity contribution in [3.63, 3.8) is 0 Å². The maximum atomic E-state index is 12.0. The zero-order valence-corrected chi connectivity index (χ0v) is 15.2. The Morgan fingerprint density at radius 3 is 2.64 bits per heavy atom. The molecule has 0 saturated carbocycles. The number of benzene rings is 1. The molecule has 1 aromatic carbocycles. The number of halogens is 2. The predicted octanol–water partition coefficient (Wildman–Crippen LogP) is 4.40. The van der Waals surface area contributed by atoms with Crippen molar-refractivity contribution in [2.45, 2.75) is 19.3 Å². The van der Waals surface area contributed by atoms with Crippen molar-refractivity contribution in [3.8, 4) is 5.75 Å². The highest BCUT2D eigenvalue weighted by Gasteiger charge is 2.12. The summed E-state index contributed by atoms with van der Waals surface area (Å²) in [6, 6.07) is 8.63. The van der Waals surface area contributed by atoms with Crippen LogP contribution in [-0.2, 0) is 4.79 Å². The van der Waals surface area contributed by atoms with E-state index in [-0.39, 0.29) is 12.5 Å². The number of hydrogen-bond acceptors (Lipinski definition) is 4. The molecule has 25 heavy (non-hydrogen) atoms. The fraction of sp³-hybridized carbons (Fsp3) is 0.333. The molecule has 0 radical (unpaired) electrons. The summed E-state index contributed by atoms with van der Waals surface area (Å²) < 4.78 is 5.41. The van der Waals surface area contributed by atoms with Crippen LogP contribution in [0, 0.1) is 0 Å². The van der Waals surface area contributed by atoms with Crippen molar-refractivity contribution in [1.82, 2.24) is 4.98 Å². The van der Waals surface area contributed by atoms with Crippen LogP contribution in [-0.4, -0.2) is 30.6 Å². The van der Waals surface area contributed by atoms with Crippen molar-refractivity contribution >= 4 is 40.6 Å². The lowest BCUT2D eigenvalue weighted by molar-refractivity contribution is -0.118. The highest BCUT2D eigenvalue weighted by molar-refractivity contribution is 6.35. The molecule has 2 heterocycles. The van der Waals surface area contributed by atoms with Crippen molar-refractivity contribution in [3.05, 3.63) is 46.6 Å². The van der Waals surface area contributed by atoms with Gasteiger partial charge in [0, 0.05) is 18.1 Å². The van der Waals surface area contributed by atoms with Crippen LogP contribution in [0.25, 0.3) is 0 Å². The van der Waals surface area contributed by atoms with E-state index in [0.717, 1.165) is 18.8 Å². The number of hydrogen-bond donors (Lipinski definition) is 1. The van der Waals surface area contributed by atoms with Crippen molar-refractivity contribution < 1.29 is 9.53 Å². The Kier molecular flexibility index (Phi) is 6.00. The van der Waals surface area contributed by atoms with Gasteiger partial charge in [0.1, 0.15) is 11.6 Å². The minimum absolute atomic E-state index is 0.156. The molecule has 1 aliphatic rings. The van der Waals surface area contributed by atoms with Gasteiger partial charge in [0.2, 0.25) is 0 Å². The lowest BCUT2D eigenvalue weighted by Crippen LogP contribution is -2.29. The summed E-state index contributed by atoms with van der Waals surface area (Å²) in [7, 11) is 0. The number of piperidine rings is 1. The predicted molar refractivity (Wildman–Crippen MR) is 101 cm³/mol. The van der Waals surface area contributed by atoms with Gasteiger partial charge in [-0.1, -0.05) is 23.2 Å². The molecule has 1 N–H and O–H groups in total. The third-order valence-corrected chi connectivity index (χ3v) is 4.52. The zero-order chi connectivity index (χ0) is 17.6. The Morgan fingerprint density at radius 2 is 1.96 bits per heavy atom. The van der Waals surface area contributed by atoms with Crippen LogP contribution in [0.5, 0.6) is 5.75 Å². The van der Waals surface area contributed by atoms with Crippen LogP contribution in [0.1, 0.15) is 19.3 Å². The van der Waals surface area contributed by atoms with E-state index in [0.29, 0.717) is 21.6 Å². The molecule has 5 nitrogen and oxygen atoms in total. The minimum Gasteiger partial charge on any atom is -0.482 e. The Labute approximate surface area is 156 Å². The molecule has 132 valence electrons. The Balaban J connectivity index is 1.52. The van der Waals surface area contributed by atoms with E-state index in [4.69, 9.17) is 27.9 Å². The highest BCUT2D eigenvalue weighted by atomic mass is 35.5. The minimum atomic E-state index is -0.302. The third-order valence-electron chi connectivity index (χ3n) is 3.99. The number of nitrogens with one attached hydrogen (secondary N) is 1. The molecule has 1 saturated heterocycles. The second kappa shape index (κ2) is 8.41. The quantitative estimate of drug-likeness (QED) is 0.836. The summed E-state index contributed by atoms with van der Waals surface area (Å²) in [5, 5.41) is 3.59. The maximum Gasteiger partial charge on any atom is 0.263 e. The molecule has 0 bridgehead atoms. The molecule has 1 amide bonds. The van der Waals surface area contributed by atoms with Gasteiger partial charge in [0.25, 0.3) is 5.91 Å². The van der Waals surface area contributed by atoms with E-state index in [2.05, 4.69) is 15.2 Å². The highest BCUT2D eigenvalue weighted by Crippen LogP contribution is 2.27. The summed E-state index contributed by atoms with van der Waals surface area (Å²) in [5.74, 6) is 0.607. The second-order valence-corrected chi connectivity index (χ2v) is 6.70. The fourth-order valence-electron chi connectivity index (χ4n) is 2.71. The van der Waals surface area contributed by atoms with Gasteiger partial charge in [-0.05, 0) is 49.6 Å². The monoisotopic (exact) mass is 379 g/mol. The van der Waals surface area contributed by atoms with Gasteiger partial charge >= 0.3 is 0 Å². The first kappa shape index (κ1) is 17.8. The number of amides is 1. The lowest BCUT2D eigenvalue weighted by atomic mass is 10.1. The number of rotatable bonds is 5. The molecule has 1 aliphatic heterocycles. The van der Waals surface area contributed by atoms with Crippen LogP contribution in [0.4, 0.5) is 11.5 Å². The number of anilines is 2. The molecule has 1 fully saturated rings. The summed E-state index contributed by atoms with van der Waals surface area (Å²) in [5.41, 5.74) is 1.09. The van der Waals surface area contributed by atoms with Gasteiger partial charge < -0.3 is 15.0 Å². The molecule has 0 aliphatic carbocycles. The van der Waals surface area contributed by atoms with Crippen LogP contribution in [0.15, 0.2) is 36.5 Å². The van der Waals surface area contributed by atoms with Gasteiger partial charge in [-0.3, -0.25) is 4.79 Å². The topological polar surface area (TPSA) is 54.5 Å². The zero-order valence-electron chi connectivity index (χ0n) is 13.7. The first-order valence-electron chi connectivity index (χ1n) is 8.20. The Bertz CT molecular complexity index is 732. The average Bonchev–Trinajstić information content (AvgIpc) is 2.62. The molecule has 0 spiro atoms. The van der Waals surface area contributed by atoms with Gasteiger partial charge in [-0.2, -0.15) is 0 Å². The standard InChI is InChI=1S/C18H19Cl2N3O2/c19-13-4-6-16(15(20)10-13)25-12-18(24)22-17-7-5-14(11-21-17)23-8-2-1-3-9-23/h4-7,10-11H,1-3,8-9,12H2,(H,21,22,24). The van der Waals surface area contributed by atoms with Crippen LogP contribution < -0.4 is 15.0 Å². The normalized spacial score (nSPS) is 14.2. The molecular formula is C18H19Cl2N3O2. The second-order valence-electron chi connectivity index (χ2n) is 5.86. The van der Waals surface area contributed by atoms with Crippen molar-refractivity contribution in [2.75, 3.05) is 29.9 Å². The number of carbonyl (C=O) groups is 1. The molecular weight excluding hydrogens is 361 g/mol. The molecule has 7 heteroatoms. The first-order valence-corrected chi connectivity index (χ1v) is 8.96. The fourth-order valence-corrected chi connectivity index (χ4v) is 3.18. The van der Waals surface area contributed by atoms with Gasteiger partial charge in [0.05, 0.1) is 16.9 Å². The number of ether oxygens (including phenoxy) is 1. The summed E-state index contributed by atoms with van der Waals surface area (Å²) in [4.78, 5) is 18.6. The third kappa shape index (κ3) is 5.00. The van der Waals surface area contributed by atoms with Crippen molar-refractivity contribution in [2.24, 2.45) is 0 Å². The number of pyridine rings is 1. The Hall–Kier alpha value is -1.98. The average molecular weight is 380 g/mol. The number of aromatic nitrogens is 1.